The molecule has 1 aromatic heterocycles. The second-order valence-corrected chi connectivity index (χ2v) is 8.85. The van der Waals surface area contributed by atoms with Crippen molar-refractivity contribution in [3.05, 3.63) is 18.2 Å². The van der Waals surface area contributed by atoms with Gasteiger partial charge in [-0.2, -0.15) is 11.8 Å². The molecule has 0 saturated heterocycles. The number of rotatable bonds is 17. The van der Waals surface area contributed by atoms with E-state index in [1.165, 1.54) is 24.3 Å². The van der Waals surface area contributed by atoms with Crippen molar-refractivity contribution in [1.29, 1.82) is 0 Å². The van der Waals surface area contributed by atoms with Gasteiger partial charge in [0.2, 0.25) is 29.5 Å². The number of nitrogens with zero attached hydrogens (tertiary/aromatic N) is 1. The SMILES string of the molecule is CSCCC(NC(=O)C(N)CC(N)=O)C(=O)NC(CCC(N)=O)C(=O)NC(Cc1cnc[nH]1)C(=O)O. The molecule has 0 aliphatic rings. The smallest absolute Gasteiger partial charge is 0.326 e. The van der Waals surface area contributed by atoms with Crippen LogP contribution in [0.3, 0.4) is 0 Å². The first-order chi connectivity index (χ1) is 16.9. The molecule has 5 amide bonds. The summed E-state index contributed by atoms with van der Waals surface area (Å²) in [5, 5.41) is 16.7. The average Bonchev–Trinajstić information content (AvgIpc) is 3.30. The van der Waals surface area contributed by atoms with Gasteiger partial charge in [0, 0.05) is 24.7 Å². The van der Waals surface area contributed by atoms with Crippen LogP contribution in [0.4, 0.5) is 0 Å². The predicted molar refractivity (Wildman–Crippen MR) is 129 cm³/mol. The van der Waals surface area contributed by atoms with Crippen molar-refractivity contribution >= 4 is 47.3 Å². The molecule has 0 bridgehead atoms. The first kappa shape index (κ1) is 30.4. The Morgan fingerprint density at radius 3 is 2.06 bits per heavy atom. The van der Waals surface area contributed by atoms with Gasteiger partial charge < -0.3 is 43.2 Å². The summed E-state index contributed by atoms with van der Waals surface area (Å²) in [5.41, 5.74) is 16.3. The number of imidazole rings is 1. The van der Waals surface area contributed by atoms with Crippen LogP contribution in [0, 0.1) is 0 Å². The van der Waals surface area contributed by atoms with Crippen LogP contribution in [-0.2, 0) is 35.2 Å². The normalized spacial score (nSPS) is 14.1. The maximum atomic E-state index is 13.0. The van der Waals surface area contributed by atoms with Gasteiger partial charge in [-0.05, 0) is 24.9 Å². The maximum Gasteiger partial charge on any atom is 0.326 e. The number of aromatic amines is 1. The van der Waals surface area contributed by atoms with Crippen molar-refractivity contribution in [3.8, 4) is 0 Å². The van der Waals surface area contributed by atoms with Crippen molar-refractivity contribution in [3.63, 3.8) is 0 Å². The lowest BCUT2D eigenvalue weighted by Crippen LogP contribution is -2.57. The van der Waals surface area contributed by atoms with Crippen molar-refractivity contribution in [2.75, 3.05) is 12.0 Å². The average molecular weight is 529 g/mol. The number of hydrogen-bond acceptors (Lipinski definition) is 9. The zero-order chi connectivity index (χ0) is 27.3. The van der Waals surface area contributed by atoms with Crippen LogP contribution in [0.15, 0.2) is 12.5 Å². The summed E-state index contributed by atoms with van der Waals surface area (Å²) in [6.07, 6.45) is 3.66. The van der Waals surface area contributed by atoms with E-state index < -0.39 is 66.1 Å². The summed E-state index contributed by atoms with van der Waals surface area (Å²) in [5.74, 6) is -4.84. The Morgan fingerprint density at radius 1 is 0.972 bits per heavy atom. The van der Waals surface area contributed by atoms with Crippen LogP contribution in [0.2, 0.25) is 0 Å². The molecular weight excluding hydrogens is 496 g/mol. The molecule has 0 aliphatic carbocycles. The van der Waals surface area contributed by atoms with Gasteiger partial charge in [-0.3, -0.25) is 24.0 Å². The van der Waals surface area contributed by atoms with E-state index in [0.717, 1.165) is 0 Å². The number of amides is 5. The van der Waals surface area contributed by atoms with Crippen LogP contribution in [-0.4, -0.2) is 86.8 Å². The fourth-order valence-electron chi connectivity index (χ4n) is 3.01. The van der Waals surface area contributed by atoms with Crippen molar-refractivity contribution in [2.24, 2.45) is 17.2 Å². The topological polar surface area (TPSA) is 265 Å². The summed E-state index contributed by atoms with van der Waals surface area (Å²) in [6.45, 7) is 0. The highest BCUT2D eigenvalue weighted by Gasteiger charge is 2.30. The van der Waals surface area contributed by atoms with Crippen molar-refractivity contribution in [1.82, 2.24) is 25.9 Å². The Morgan fingerprint density at radius 2 is 1.56 bits per heavy atom. The monoisotopic (exact) mass is 528 g/mol. The Kier molecular flexibility index (Phi) is 13.0. The van der Waals surface area contributed by atoms with Crippen LogP contribution in [0.25, 0.3) is 0 Å². The maximum absolute atomic E-state index is 13.0. The molecule has 0 aromatic carbocycles. The minimum atomic E-state index is -1.36. The van der Waals surface area contributed by atoms with Crippen molar-refractivity contribution in [2.45, 2.75) is 56.3 Å². The molecule has 11 N–H and O–H groups in total. The lowest BCUT2D eigenvalue weighted by Gasteiger charge is -2.25. The highest BCUT2D eigenvalue weighted by atomic mass is 32.2. The molecule has 4 unspecified atom stereocenters. The molecule has 4 atom stereocenters. The number of nitrogens with two attached hydrogens (primary N) is 3. The fourth-order valence-corrected chi connectivity index (χ4v) is 3.48. The van der Waals surface area contributed by atoms with E-state index in [1.54, 1.807) is 6.26 Å². The molecule has 16 heteroatoms. The van der Waals surface area contributed by atoms with Gasteiger partial charge in [-0.25, -0.2) is 9.78 Å². The summed E-state index contributed by atoms with van der Waals surface area (Å²) in [4.78, 5) is 78.7. The second-order valence-electron chi connectivity index (χ2n) is 7.87. The lowest BCUT2D eigenvalue weighted by molar-refractivity contribution is -0.142. The number of primary amides is 2. The molecule has 1 rings (SSSR count). The van der Waals surface area contributed by atoms with Gasteiger partial charge in [0.25, 0.3) is 0 Å². The Labute approximate surface area is 211 Å². The third-order valence-corrected chi connectivity index (χ3v) is 5.55. The Bertz CT molecular complexity index is 927. The van der Waals surface area contributed by atoms with Crippen molar-refractivity contribution < 1.29 is 33.9 Å². The number of hydrogen-bond donors (Lipinski definition) is 8. The number of carbonyl (C=O) groups is 6. The van der Waals surface area contributed by atoms with E-state index in [2.05, 4.69) is 25.9 Å². The van der Waals surface area contributed by atoms with E-state index in [4.69, 9.17) is 17.2 Å². The molecule has 0 radical (unpaired) electrons. The third-order valence-electron chi connectivity index (χ3n) is 4.91. The highest BCUT2D eigenvalue weighted by molar-refractivity contribution is 7.98. The van der Waals surface area contributed by atoms with E-state index in [1.807, 2.05) is 0 Å². The number of nitrogens with one attached hydrogen (secondary N) is 4. The third kappa shape index (κ3) is 11.2. The number of aromatic nitrogens is 2. The Balaban J connectivity index is 2.99. The minimum absolute atomic E-state index is 0.109. The molecule has 1 aromatic rings. The van der Waals surface area contributed by atoms with E-state index in [9.17, 15) is 33.9 Å². The van der Waals surface area contributed by atoms with Crippen LogP contribution in [0.5, 0.6) is 0 Å². The van der Waals surface area contributed by atoms with E-state index in [0.29, 0.717) is 11.4 Å². The number of carboxylic acids is 1. The highest BCUT2D eigenvalue weighted by Crippen LogP contribution is 2.06. The fraction of sp³-hybridized carbons (Fsp3) is 0.550. The standard InChI is InChI=1S/C20H32N8O7S/c1-36-5-4-13(26-17(31)11(21)7-16(23)30)19(33)27-12(2-3-15(22)29)18(32)28-14(20(34)35)6-10-8-24-9-25-10/h8-9,11-14H,2-7,21H2,1H3,(H2,22,29)(H2,23,30)(H,24,25)(H,26,31)(H,27,33)(H,28,32)(H,34,35). The van der Waals surface area contributed by atoms with Crippen LogP contribution in [0.1, 0.15) is 31.4 Å². The first-order valence-electron chi connectivity index (χ1n) is 10.9. The molecule has 36 heavy (non-hydrogen) atoms. The second kappa shape index (κ2) is 15.4. The molecule has 1 heterocycles. The summed E-state index contributed by atoms with van der Waals surface area (Å²) >= 11 is 1.40. The summed E-state index contributed by atoms with van der Waals surface area (Å²) < 4.78 is 0. The zero-order valence-electron chi connectivity index (χ0n) is 19.7. The molecule has 0 spiro atoms. The summed E-state index contributed by atoms with van der Waals surface area (Å²) in [6, 6.07) is -5.10. The number of aliphatic carboxylic acids is 1. The van der Waals surface area contributed by atoms with Gasteiger partial charge in [0.05, 0.1) is 18.8 Å². The summed E-state index contributed by atoms with van der Waals surface area (Å²) in [7, 11) is 0. The van der Waals surface area contributed by atoms with Gasteiger partial charge >= 0.3 is 5.97 Å². The predicted octanol–water partition coefficient (Wildman–Crippen LogP) is -3.29. The Hall–Kier alpha value is -3.66. The number of H-pyrrole nitrogens is 1. The number of thioether (sulfide) groups is 1. The van der Waals surface area contributed by atoms with Crippen LogP contribution < -0.4 is 33.2 Å². The van der Waals surface area contributed by atoms with Gasteiger partial charge in [0.15, 0.2) is 0 Å². The van der Waals surface area contributed by atoms with Gasteiger partial charge in [0.1, 0.15) is 18.1 Å². The minimum Gasteiger partial charge on any atom is -0.480 e. The van der Waals surface area contributed by atoms with Crippen LogP contribution >= 0.6 is 11.8 Å². The van der Waals surface area contributed by atoms with E-state index >= 15 is 0 Å². The molecule has 200 valence electrons. The number of carbonyl (C=O) groups excluding carboxylic acids is 5. The van der Waals surface area contributed by atoms with Gasteiger partial charge in [-0.1, -0.05) is 0 Å². The van der Waals surface area contributed by atoms with E-state index in [-0.39, 0.29) is 25.7 Å². The molecular formula is C20H32N8O7S. The number of carboxylic acid groups (broad SMARTS) is 1. The zero-order valence-corrected chi connectivity index (χ0v) is 20.5. The largest absolute Gasteiger partial charge is 0.480 e. The van der Waals surface area contributed by atoms with Gasteiger partial charge in [-0.15, -0.1) is 0 Å². The molecule has 0 aliphatic heterocycles. The molecule has 15 nitrogen and oxygen atoms in total. The molecule has 0 fully saturated rings. The first-order valence-corrected chi connectivity index (χ1v) is 12.3. The lowest BCUT2D eigenvalue weighted by atomic mass is 10.1. The quantitative estimate of drug-likeness (QED) is 0.0998. The molecule has 0 saturated carbocycles.